The molecule has 0 aliphatic heterocycles. The van der Waals surface area contributed by atoms with Crippen molar-refractivity contribution in [1.82, 2.24) is 4.90 Å². The normalized spacial score (nSPS) is 11.1. The van der Waals surface area contributed by atoms with Crippen LogP contribution in [0.15, 0.2) is 103 Å². The van der Waals surface area contributed by atoms with Crippen LogP contribution in [-0.2, 0) is 29.8 Å². The van der Waals surface area contributed by atoms with Gasteiger partial charge < -0.3 is 20.7 Å². The highest BCUT2D eigenvalue weighted by atomic mass is 16.5. The summed E-state index contributed by atoms with van der Waals surface area (Å²) in [7, 11) is 0. The second kappa shape index (κ2) is 13.1. The van der Waals surface area contributed by atoms with Crippen LogP contribution in [0, 0.1) is 0 Å². The lowest BCUT2D eigenvalue weighted by molar-refractivity contribution is -0.134. The number of carbonyl (C=O) groups is 2. The predicted octanol–water partition coefficient (Wildman–Crippen LogP) is 6.30. The lowest BCUT2D eigenvalue weighted by atomic mass is 9.87. The number of hydrogen-bond donors (Lipinski definition) is 2. The lowest BCUT2D eigenvalue weighted by Gasteiger charge is -2.24. The maximum atomic E-state index is 13.3. The maximum absolute atomic E-state index is 13.3. The first-order chi connectivity index (χ1) is 19.2. The van der Waals surface area contributed by atoms with E-state index in [4.69, 9.17) is 10.5 Å². The third-order valence-corrected chi connectivity index (χ3v) is 6.66. The van der Waals surface area contributed by atoms with Gasteiger partial charge in [-0.3, -0.25) is 9.59 Å². The maximum Gasteiger partial charge on any atom is 0.261 e. The fourth-order valence-electron chi connectivity index (χ4n) is 4.30. The van der Waals surface area contributed by atoms with Crippen molar-refractivity contribution in [3.8, 4) is 5.75 Å². The van der Waals surface area contributed by atoms with Gasteiger partial charge in [-0.2, -0.15) is 0 Å². The Morgan fingerprint density at radius 1 is 0.775 bits per heavy atom. The monoisotopic (exact) mass is 535 g/mol. The molecule has 3 N–H and O–H groups in total. The molecule has 0 heterocycles. The van der Waals surface area contributed by atoms with Gasteiger partial charge >= 0.3 is 0 Å². The average molecular weight is 536 g/mol. The fraction of sp³-hybridized carbons (Fsp3) is 0.235. The Morgan fingerprint density at radius 3 is 2.08 bits per heavy atom. The zero-order valence-corrected chi connectivity index (χ0v) is 23.4. The predicted molar refractivity (Wildman–Crippen MR) is 160 cm³/mol. The van der Waals surface area contributed by atoms with Crippen LogP contribution in [0.3, 0.4) is 0 Å². The summed E-state index contributed by atoms with van der Waals surface area (Å²) < 4.78 is 5.74. The Kier molecular flexibility index (Phi) is 9.35. The highest BCUT2D eigenvalue weighted by Gasteiger charge is 2.17. The van der Waals surface area contributed by atoms with Crippen LogP contribution in [0.5, 0.6) is 5.75 Å². The van der Waals surface area contributed by atoms with Crippen LogP contribution in [0.25, 0.3) is 0 Å². The van der Waals surface area contributed by atoms with E-state index in [-0.39, 0.29) is 23.8 Å². The second-order valence-corrected chi connectivity index (χ2v) is 10.9. The number of carbonyl (C=O) groups excluding carboxylic acids is 2. The van der Waals surface area contributed by atoms with Gasteiger partial charge in [0, 0.05) is 30.9 Å². The van der Waals surface area contributed by atoms with Gasteiger partial charge in [0.05, 0.1) is 0 Å². The van der Waals surface area contributed by atoms with Crippen LogP contribution < -0.4 is 15.8 Å². The number of anilines is 1. The van der Waals surface area contributed by atoms with Crippen molar-refractivity contribution in [2.75, 3.05) is 11.9 Å². The first-order valence-electron chi connectivity index (χ1n) is 13.5. The molecule has 0 aromatic heterocycles. The molecular formula is C34H37N3O3. The van der Waals surface area contributed by atoms with Gasteiger partial charge in [0.2, 0.25) is 0 Å². The van der Waals surface area contributed by atoms with Crippen LogP contribution in [0.4, 0.5) is 5.69 Å². The van der Waals surface area contributed by atoms with Crippen LogP contribution in [-0.4, -0.2) is 23.3 Å². The summed E-state index contributed by atoms with van der Waals surface area (Å²) in [5, 5.41) is 2.96. The average Bonchev–Trinajstić information content (AvgIpc) is 2.96. The quantitative estimate of drug-likeness (QED) is 0.249. The molecule has 0 unspecified atom stereocenters. The third kappa shape index (κ3) is 8.04. The van der Waals surface area contributed by atoms with E-state index >= 15 is 0 Å². The van der Waals surface area contributed by atoms with Crippen molar-refractivity contribution in [3.63, 3.8) is 0 Å². The number of nitrogens with one attached hydrogen (secondary N) is 1. The molecule has 0 bridgehead atoms. The summed E-state index contributed by atoms with van der Waals surface area (Å²) in [6.07, 6.45) is 0. The molecule has 2 amide bonds. The Labute approximate surface area is 236 Å². The van der Waals surface area contributed by atoms with E-state index in [2.05, 4.69) is 26.1 Å². The molecule has 0 saturated carbocycles. The zero-order valence-electron chi connectivity index (χ0n) is 23.4. The fourth-order valence-corrected chi connectivity index (χ4v) is 4.30. The Bertz CT molecular complexity index is 1410. The van der Waals surface area contributed by atoms with Crippen LogP contribution in [0.2, 0.25) is 0 Å². The van der Waals surface area contributed by atoms with Crippen molar-refractivity contribution >= 4 is 17.5 Å². The molecule has 0 spiro atoms. The molecule has 0 fully saturated rings. The zero-order chi connectivity index (χ0) is 28.5. The third-order valence-electron chi connectivity index (χ3n) is 6.66. The van der Waals surface area contributed by atoms with Crippen molar-refractivity contribution in [2.24, 2.45) is 5.73 Å². The van der Waals surface area contributed by atoms with Gasteiger partial charge in [-0.1, -0.05) is 87.5 Å². The Balaban J connectivity index is 1.43. The summed E-state index contributed by atoms with van der Waals surface area (Å²) in [6.45, 7) is 7.62. The van der Waals surface area contributed by atoms with Crippen molar-refractivity contribution in [3.05, 3.63) is 131 Å². The molecule has 0 aliphatic rings. The Morgan fingerprint density at radius 2 is 1.43 bits per heavy atom. The number of ether oxygens (including phenoxy) is 1. The minimum absolute atomic E-state index is 0.0288. The SMILES string of the molecule is CC(C)(C)c1ccc(C(=O)Nc2ccc(CN(Cc3cccc(CN)c3)C(=O)COc3ccccc3)cc2)cc1. The van der Waals surface area contributed by atoms with Crippen LogP contribution >= 0.6 is 0 Å². The summed E-state index contributed by atoms with van der Waals surface area (Å²) in [4.78, 5) is 27.8. The van der Waals surface area contributed by atoms with Crippen molar-refractivity contribution in [1.29, 1.82) is 0 Å². The van der Waals surface area contributed by atoms with E-state index in [0.29, 0.717) is 36.6 Å². The van der Waals surface area contributed by atoms with Gasteiger partial charge in [-0.05, 0) is 64.1 Å². The summed E-state index contributed by atoms with van der Waals surface area (Å²) >= 11 is 0. The van der Waals surface area contributed by atoms with E-state index in [1.165, 1.54) is 5.56 Å². The number of para-hydroxylation sites is 1. The first kappa shape index (κ1) is 28.6. The molecule has 0 aliphatic carbocycles. The summed E-state index contributed by atoms with van der Waals surface area (Å²) in [5.74, 6) is 0.356. The van der Waals surface area contributed by atoms with E-state index in [9.17, 15) is 9.59 Å². The molecule has 40 heavy (non-hydrogen) atoms. The molecule has 0 saturated heterocycles. The largest absolute Gasteiger partial charge is 0.484 e. The number of rotatable bonds is 10. The topological polar surface area (TPSA) is 84.7 Å². The molecule has 4 aromatic carbocycles. The molecule has 6 nitrogen and oxygen atoms in total. The first-order valence-corrected chi connectivity index (χ1v) is 13.5. The van der Waals surface area contributed by atoms with E-state index in [1.807, 2.05) is 103 Å². The summed E-state index contributed by atoms with van der Waals surface area (Å²) in [6, 6.07) is 32.5. The minimum atomic E-state index is -0.164. The number of amides is 2. The van der Waals surface area contributed by atoms with Gasteiger partial charge in [0.15, 0.2) is 6.61 Å². The highest BCUT2D eigenvalue weighted by molar-refractivity contribution is 6.04. The highest BCUT2D eigenvalue weighted by Crippen LogP contribution is 2.23. The molecule has 0 atom stereocenters. The number of nitrogens with zero attached hydrogens (tertiary/aromatic N) is 1. The smallest absolute Gasteiger partial charge is 0.261 e. The van der Waals surface area contributed by atoms with E-state index < -0.39 is 0 Å². The van der Waals surface area contributed by atoms with Gasteiger partial charge in [-0.15, -0.1) is 0 Å². The van der Waals surface area contributed by atoms with Gasteiger partial charge in [0.25, 0.3) is 11.8 Å². The molecule has 4 rings (SSSR count). The minimum Gasteiger partial charge on any atom is -0.484 e. The molecule has 4 aromatic rings. The van der Waals surface area contributed by atoms with E-state index in [1.54, 1.807) is 4.90 Å². The molecule has 6 heteroatoms. The molecule has 206 valence electrons. The van der Waals surface area contributed by atoms with Crippen molar-refractivity contribution < 1.29 is 14.3 Å². The lowest BCUT2D eigenvalue weighted by Crippen LogP contribution is -2.34. The number of nitrogens with two attached hydrogens (primary N) is 1. The Hall–Kier alpha value is -4.42. The molecular weight excluding hydrogens is 498 g/mol. The van der Waals surface area contributed by atoms with Crippen molar-refractivity contribution in [2.45, 2.75) is 45.8 Å². The second-order valence-electron chi connectivity index (χ2n) is 10.9. The van der Waals surface area contributed by atoms with Gasteiger partial charge in [0.1, 0.15) is 5.75 Å². The standard InChI is InChI=1S/C34H37N3O3/c1-34(2,3)29-16-14-28(15-17-29)33(39)36-30-18-12-25(13-19-30)22-37(23-27-9-7-8-26(20-27)21-35)32(38)24-40-31-10-5-4-6-11-31/h4-20H,21-24,35H2,1-3H3,(H,36,39). The van der Waals surface area contributed by atoms with E-state index in [0.717, 1.165) is 16.7 Å². The number of benzene rings is 4. The summed E-state index contributed by atoms with van der Waals surface area (Å²) in [5.41, 5.74) is 11.3. The molecule has 0 radical (unpaired) electrons. The van der Waals surface area contributed by atoms with Gasteiger partial charge in [-0.25, -0.2) is 0 Å². The van der Waals surface area contributed by atoms with Crippen LogP contribution in [0.1, 0.15) is 53.4 Å². The number of hydrogen-bond acceptors (Lipinski definition) is 4.